The monoisotopic (exact) mass is 251 g/mol. The second-order valence-electron chi connectivity index (χ2n) is 3.44. The van der Waals surface area contributed by atoms with Gasteiger partial charge in [0.15, 0.2) is 0 Å². The highest BCUT2D eigenvalue weighted by Gasteiger charge is 2.05. The lowest BCUT2D eigenvalue weighted by Gasteiger charge is -2.06. The Kier molecular flexibility index (Phi) is 3.38. The van der Waals surface area contributed by atoms with Gasteiger partial charge in [-0.15, -0.1) is 0 Å². The number of ether oxygens (including phenoxy) is 1. The second kappa shape index (κ2) is 4.96. The van der Waals surface area contributed by atoms with E-state index in [0.717, 1.165) is 0 Å². The molecule has 0 aliphatic carbocycles. The van der Waals surface area contributed by atoms with Crippen LogP contribution >= 0.6 is 11.3 Å². The summed E-state index contributed by atoms with van der Waals surface area (Å²) < 4.78 is 4.92. The quantitative estimate of drug-likeness (QED) is 0.855. The molecule has 0 fully saturated rings. The lowest BCUT2D eigenvalue weighted by Crippen LogP contribution is -2.08. The fraction of sp³-hybridized carbons (Fsp3) is 0.300. The number of methoxy groups -OCH3 is 1. The number of hydrogen-bond acceptors (Lipinski definition) is 7. The average molecular weight is 251 g/mol. The first-order valence-corrected chi connectivity index (χ1v) is 5.94. The number of anilines is 2. The Morgan fingerprint density at radius 2 is 2.18 bits per heavy atom. The standard InChI is InChI=1S/C10H13N5OS/c1-6-4-17-5-7(6)3-12-9-13-8(11)14-10(15-9)16-2/h4-5H,3H2,1-2H3,(H3,11,12,13,14,15). The zero-order valence-corrected chi connectivity index (χ0v) is 10.4. The van der Waals surface area contributed by atoms with Crippen molar-refractivity contribution in [2.45, 2.75) is 13.5 Å². The molecule has 0 atom stereocenters. The van der Waals surface area contributed by atoms with Crippen molar-refractivity contribution < 1.29 is 4.74 Å². The number of aromatic nitrogens is 3. The number of hydrogen-bond donors (Lipinski definition) is 2. The van der Waals surface area contributed by atoms with Crippen LogP contribution in [0.1, 0.15) is 11.1 Å². The maximum atomic E-state index is 5.53. The second-order valence-corrected chi connectivity index (χ2v) is 4.18. The van der Waals surface area contributed by atoms with Crippen LogP contribution in [0.5, 0.6) is 6.01 Å². The Morgan fingerprint density at radius 3 is 2.82 bits per heavy atom. The van der Waals surface area contributed by atoms with Gasteiger partial charge in [0.2, 0.25) is 11.9 Å². The zero-order valence-electron chi connectivity index (χ0n) is 9.60. The molecular formula is C10H13N5OS. The first-order chi connectivity index (χ1) is 8.19. The third-order valence-corrected chi connectivity index (χ3v) is 3.12. The molecule has 2 aromatic rings. The van der Waals surface area contributed by atoms with E-state index >= 15 is 0 Å². The number of thiophene rings is 1. The van der Waals surface area contributed by atoms with Crippen molar-refractivity contribution >= 4 is 23.2 Å². The van der Waals surface area contributed by atoms with Crippen molar-refractivity contribution in [1.29, 1.82) is 0 Å². The Morgan fingerprint density at radius 1 is 1.35 bits per heavy atom. The van der Waals surface area contributed by atoms with Crippen LogP contribution in [-0.2, 0) is 6.54 Å². The fourth-order valence-electron chi connectivity index (χ4n) is 1.28. The fourth-order valence-corrected chi connectivity index (χ4v) is 2.14. The Hall–Kier alpha value is -1.89. The predicted octanol–water partition coefficient (Wildman–Crippen LogP) is 1.44. The van der Waals surface area contributed by atoms with E-state index in [1.165, 1.54) is 18.2 Å². The van der Waals surface area contributed by atoms with Crippen LogP contribution in [0.25, 0.3) is 0 Å². The number of nitrogens with zero attached hydrogens (tertiary/aromatic N) is 3. The van der Waals surface area contributed by atoms with E-state index in [4.69, 9.17) is 10.5 Å². The molecule has 90 valence electrons. The van der Waals surface area contributed by atoms with E-state index in [9.17, 15) is 0 Å². The predicted molar refractivity (Wildman–Crippen MR) is 67.2 cm³/mol. The van der Waals surface area contributed by atoms with Crippen molar-refractivity contribution in [3.63, 3.8) is 0 Å². The topological polar surface area (TPSA) is 86.0 Å². The van der Waals surface area contributed by atoms with Crippen LogP contribution < -0.4 is 15.8 Å². The third kappa shape index (κ3) is 2.82. The molecule has 3 N–H and O–H groups in total. The molecule has 0 amide bonds. The Bertz CT molecular complexity index is 513. The summed E-state index contributed by atoms with van der Waals surface area (Å²) in [5.74, 6) is 0.557. The van der Waals surface area contributed by atoms with E-state index < -0.39 is 0 Å². The van der Waals surface area contributed by atoms with Crippen molar-refractivity contribution in [3.8, 4) is 6.01 Å². The van der Waals surface area contributed by atoms with Gasteiger partial charge in [-0.3, -0.25) is 0 Å². The molecule has 2 rings (SSSR count). The smallest absolute Gasteiger partial charge is 0.322 e. The molecule has 0 aliphatic heterocycles. The van der Waals surface area contributed by atoms with Crippen LogP contribution in [0, 0.1) is 6.92 Å². The summed E-state index contributed by atoms with van der Waals surface area (Å²) in [5.41, 5.74) is 8.00. The van der Waals surface area contributed by atoms with Gasteiger partial charge >= 0.3 is 6.01 Å². The van der Waals surface area contributed by atoms with Gasteiger partial charge in [0.1, 0.15) is 0 Å². The summed E-state index contributed by atoms with van der Waals surface area (Å²) in [6, 6.07) is 0.210. The van der Waals surface area contributed by atoms with E-state index in [0.29, 0.717) is 12.5 Å². The van der Waals surface area contributed by atoms with Crippen LogP contribution in [0.4, 0.5) is 11.9 Å². The van der Waals surface area contributed by atoms with Gasteiger partial charge in [0, 0.05) is 6.54 Å². The summed E-state index contributed by atoms with van der Waals surface area (Å²) in [6.07, 6.45) is 0. The minimum Gasteiger partial charge on any atom is -0.467 e. The van der Waals surface area contributed by atoms with Gasteiger partial charge in [-0.2, -0.15) is 26.3 Å². The maximum absolute atomic E-state index is 5.53. The molecule has 0 saturated carbocycles. The minimum absolute atomic E-state index is 0.140. The SMILES string of the molecule is COc1nc(N)nc(NCc2cscc2C)n1. The molecule has 17 heavy (non-hydrogen) atoms. The number of nitrogens with two attached hydrogens (primary N) is 1. The molecule has 0 radical (unpaired) electrons. The van der Waals surface area contributed by atoms with Gasteiger partial charge in [0.05, 0.1) is 7.11 Å². The van der Waals surface area contributed by atoms with E-state index in [1.807, 2.05) is 0 Å². The van der Waals surface area contributed by atoms with Gasteiger partial charge in [-0.25, -0.2) is 0 Å². The van der Waals surface area contributed by atoms with Crippen molar-refractivity contribution in [2.24, 2.45) is 0 Å². The average Bonchev–Trinajstić information content (AvgIpc) is 2.71. The molecule has 0 saturated heterocycles. The molecule has 6 nitrogen and oxygen atoms in total. The molecule has 0 unspecified atom stereocenters. The van der Waals surface area contributed by atoms with Gasteiger partial charge < -0.3 is 15.8 Å². The third-order valence-electron chi connectivity index (χ3n) is 2.21. The molecule has 2 heterocycles. The van der Waals surface area contributed by atoms with Crippen LogP contribution in [-0.4, -0.2) is 22.1 Å². The Balaban J connectivity index is 2.09. The minimum atomic E-state index is 0.140. The van der Waals surface area contributed by atoms with Crippen molar-refractivity contribution in [3.05, 3.63) is 21.9 Å². The van der Waals surface area contributed by atoms with Gasteiger partial charge in [-0.1, -0.05) is 0 Å². The lowest BCUT2D eigenvalue weighted by atomic mass is 10.2. The Labute approximate surface area is 103 Å². The lowest BCUT2D eigenvalue weighted by molar-refractivity contribution is 0.379. The van der Waals surface area contributed by atoms with E-state index in [2.05, 4.69) is 38.0 Å². The largest absolute Gasteiger partial charge is 0.467 e. The molecule has 0 aromatic carbocycles. The molecular weight excluding hydrogens is 238 g/mol. The molecule has 0 spiro atoms. The molecule has 7 heteroatoms. The number of aryl methyl sites for hydroxylation is 1. The van der Waals surface area contributed by atoms with E-state index in [1.54, 1.807) is 11.3 Å². The summed E-state index contributed by atoms with van der Waals surface area (Å²) in [7, 11) is 1.49. The first-order valence-electron chi connectivity index (χ1n) is 5.00. The number of rotatable bonds is 4. The first kappa shape index (κ1) is 11.6. The van der Waals surface area contributed by atoms with Crippen molar-refractivity contribution in [1.82, 2.24) is 15.0 Å². The molecule has 0 bridgehead atoms. The van der Waals surface area contributed by atoms with Crippen molar-refractivity contribution in [2.75, 3.05) is 18.2 Å². The zero-order chi connectivity index (χ0) is 12.3. The number of nitrogen functional groups attached to an aromatic ring is 1. The highest BCUT2D eigenvalue weighted by Crippen LogP contribution is 2.15. The molecule has 2 aromatic heterocycles. The highest BCUT2D eigenvalue weighted by atomic mass is 32.1. The summed E-state index contributed by atoms with van der Waals surface area (Å²) in [5, 5.41) is 7.27. The summed E-state index contributed by atoms with van der Waals surface area (Å²) in [4.78, 5) is 11.8. The van der Waals surface area contributed by atoms with Gasteiger partial charge in [0.25, 0.3) is 0 Å². The van der Waals surface area contributed by atoms with Gasteiger partial charge in [-0.05, 0) is 28.8 Å². The number of nitrogens with one attached hydrogen (secondary N) is 1. The van der Waals surface area contributed by atoms with Crippen LogP contribution in [0.3, 0.4) is 0 Å². The summed E-state index contributed by atoms with van der Waals surface area (Å²) in [6.45, 7) is 2.72. The van der Waals surface area contributed by atoms with Crippen LogP contribution in [0.15, 0.2) is 10.8 Å². The highest BCUT2D eigenvalue weighted by molar-refractivity contribution is 7.08. The van der Waals surface area contributed by atoms with Crippen LogP contribution in [0.2, 0.25) is 0 Å². The van der Waals surface area contributed by atoms with E-state index in [-0.39, 0.29) is 12.0 Å². The molecule has 0 aliphatic rings. The maximum Gasteiger partial charge on any atom is 0.322 e. The normalized spacial score (nSPS) is 10.2. The summed E-state index contributed by atoms with van der Waals surface area (Å²) >= 11 is 1.67.